The first-order chi connectivity index (χ1) is 10.6. The van der Waals surface area contributed by atoms with Gasteiger partial charge in [0.2, 0.25) is 5.91 Å². The lowest BCUT2D eigenvalue weighted by molar-refractivity contribution is -0.114. The van der Waals surface area contributed by atoms with Gasteiger partial charge in [0.05, 0.1) is 11.3 Å². The number of nitrogens with zero attached hydrogens (tertiary/aromatic N) is 1. The van der Waals surface area contributed by atoms with Gasteiger partial charge >= 0.3 is 0 Å². The maximum absolute atomic E-state index is 12.8. The Labute approximate surface area is 130 Å². The van der Waals surface area contributed by atoms with Crippen LogP contribution in [0.5, 0.6) is 0 Å². The SMILES string of the molecule is CCN(Cc1ccccc1)C(=O)c1ccccc1NC(C)=O. The Morgan fingerprint density at radius 3 is 2.27 bits per heavy atom. The normalized spacial score (nSPS) is 10.1. The van der Waals surface area contributed by atoms with Crippen LogP contribution in [0, 0.1) is 0 Å². The molecule has 0 fully saturated rings. The van der Waals surface area contributed by atoms with Crippen LogP contribution in [0.1, 0.15) is 29.8 Å². The summed E-state index contributed by atoms with van der Waals surface area (Å²) < 4.78 is 0. The van der Waals surface area contributed by atoms with Gasteiger partial charge < -0.3 is 10.2 Å². The number of amides is 2. The van der Waals surface area contributed by atoms with Gasteiger partial charge in [-0.05, 0) is 24.6 Å². The maximum atomic E-state index is 12.8. The maximum Gasteiger partial charge on any atom is 0.256 e. The molecule has 0 bridgehead atoms. The lowest BCUT2D eigenvalue weighted by atomic mass is 10.1. The predicted molar refractivity (Wildman–Crippen MR) is 87.6 cm³/mol. The van der Waals surface area contributed by atoms with Crippen molar-refractivity contribution in [3.63, 3.8) is 0 Å². The average Bonchev–Trinajstić information content (AvgIpc) is 2.53. The highest BCUT2D eigenvalue weighted by atomic mass is 16.2. The number of hydrogen-bond donors (Lipinski definition) is 1. The minimum atomic E-state index is -0.189. The van der Waals surface area contributed by atoms with Crippen LogP contribution < -0.4 is 5.32 Å². The average molecular weight is 296 g/mol. The van der Waals surface area contributed by atoms with Crippen molar-refractivity contribution in [2.45, 2.75) is 20.4 Å². The zero-order valence-corrected chi connectivity index (χ0v) is 12.9. The van der Waals surface area contributed by atoms with E-state index in [1.807, 2.05) is 37.3 Å². The zero-order chi connectivity index (χ0) is 15.9. The van der Waals surface area contributed by atoms with E-state index in [9.17, 15) is 9.59 Å². The molecule has 2 amide bonds. The molecule has 0 aliphatic heterocycles. The van der Waals surface area contributed by atoms with Gasteiger partial charge in [0.15, 0.2) is 0 Å². The van der Waals surface area contributed by atoms with Crippen molar-refractivity contribution in [3.8, 4) is 0 Å². The molecule has 0 spiro atoms. The number of para-hydroxylation sites is 1. The molecule has 0 aliphatic carbocycles. The lowest BCUT2D eigenvalue weighted by Gasteiger charge is -2.22. The van der Waals surface area contributed by atoms with Crippen molar-refractivity contribution in [1.82, 2.24) is 4.90 Å². The molecule has 2 rings (SSSR count). The summed E-state index contributed by atoms with van der Waals surface area (Å²) in [7, 11) is 0. The third-order valence-corrected chi connectivity index (χ3v) is 3.35. The molecule has 0 aromatic heterocycles. The molecule has 0 saturated heterocycles. The predicted octanol–water partition coefficient (Wildman–Crippen LogP) is 3.31. The number of hydrogen-bond acceptors (Lipinski definition) is 2. The van der Waals surface area contributed by atoms with E-state index >= 15 is 0 Å². The van der Waals surface area contributed by atoms with Crippen LogP contribution >= 0.6 is 0 Å². The van der Waals surface area contributed by atoms with E-state index in [2.05, 4.69) is 5.32 Å². The van der Waals surface area contributed by atoms with E-state index in [1.54, 1.807) is 29.2 Å². The molecule has 0 saturated carbocycles. The third-order valence-electron chi connectivity index (χ3n) is 3.35. The van der Waals surface area contributed by atoms with Crippen molar-refractivity contribution >= 4 is 17.5 Å². The minimum absolute atomic E-state index is 0.0873. The molecular formula is C18H20N2O2. The van der Waals surface area contributed by atoms with Crippen LogP contribution in [0.25, 0.3) is 0 Å². The first-order valence-corrected chi connectivity index (χ1v) is 7.31. The van der Waals surface area contributed by atoms with Crippen LogP contribution in [0.3, 0.4) is 0 Å². The summed E-state index contributed by atoms with van der Waals surface area (Å²) in [5.74, 6) is -0.276. The Morgan fingerprint density at radius 2 is 1.64 bits per heavy atom. The highest BCUT2D eigenvalue weighted by Gasteiger charge is 2.18. The summed E-state index contributed by atoms with van der Waals surface area (Å²) in [6.45, 7) is 4.53. The van der Waals surface area contributed by atoms with Crippen LogP contribution in [0.4, 0.5) is 5.69 Å². The standard InChI is InChI=1S/C18H20N2O2/c1-3-20(13-15-9-5-4-6-10-15)18(22)16-11-7-8-12-17(16)19-14(2)21/h4-12H,3,13H2,1-2H3,(H,19,21). The van der Waals surface area contributed by atoms with Gasteiger partial charge in [-0.25, -0.2) is 0 Å². The lowest BCUT2D eigenvalue weighted by Crippen LogP contribution is -2.31. The second kappa shape index (κ2) is 7.41. The van der Waals surface area contributed by atoms with E-state index in [1.165, 1.54) is 6.92 Å². The van der Waals surface area contributed by atoms with Gasteiger partial charge in [0.1, 0.15) is 0 Å². The summed E-state index contributed by atoms with van der Waals surface area (Å²) in [5.41, 5.74) is 2.14. The van der Waals surface area contributed by atoms with Crippen LogP contribution in [0.15, 0.2) is 54.6 Å². The summed E-state index contributed by atoms with van der Waals surface area (Å²) in [4.78, 5) is 25.8. The van der Waals surface area contributed by atoms with E-state index in [0.717, 1.165) is 5.56 Å². The first kappa shape index (κ1) is 15.8. The Kier molecular flexibility index (Phi) is 5.31. The van der Waals surface area contributed by atoms with Crippen LogP contribution in [-0.2, 0) is 11.3 Å². The van der Waals surface area contributed by atoms with Crippen LogP contribution in [0.2, 0.25) is 0 Å². The van der Waals surface area contributed by atoms with Crippen molar-refractivity contribution in [2.75, 3.05) is 11.9 Å². The summed E-state index contributed by atoms with van der Waals surface area (Å²) in [6.07, 6.45) is 0. The van der Waals surface area contributed by atoms with Gasteiger partial charge in [-0.1, -0.05) is 42.5 Å². The molecule has 114 valence electrons. The summed E-state index contributed by atoms with van der Waals surface area (Å²) in [6, 6.07) is 16.9. The topological polar surface area (TPSA) is 49.4 Å². The van der Waals surface area contributed by atoms with Gasteiger partial charge in [0.25, 0.3) is 5.91 Å². The fourth-order valence-corrected chi connectivity index (χ4v) is 2.27. The summed E-state index contributed by atoms with van der Waals surface area (Å²) in [5, 5.41) is 2.71. The first-order valence-electron chi connectivity index (χ1n) is 7.31. The highest BCUT2D eigenvalue weighted by Crippen LogP contribution is 2.18. The van der Waals surface area contributed by atoms with Crippen molar-refractivity contribution < 1.29 is 9.59 Å². The van der Waals surface area contributed by atoms with Crippen molar-refractivity contribution in [1.29, 1.82) is 0 Å². The number of nitrogens with one attached hydrogen (secondary N) is 1. The molecule has 0 unspecified atom stereocenters. The van der Waals surface area contributed by atoms with E-state index in [-0.39, 0.29) is 11.8 Å². The number of rotatable bonds is 5. The largest absolute Gasteiger partial charge is 0.335 e. The van der Waals surface area contributed by atoms with E-state index in [4.69, 9.17) is 0 Å². The second-order valence-corrected chi connectivity index (χ2v) is 5.03. The molecule has 4 nitrogen and oxygen atoms in total. The molecule has 0 aliphatic rings. The molecule has 22 heavy (non-hydrogen) atoms. The summed E-state index contributed by atoms with van der Waals surface area (Å²) >= 11 is 0. The third kappa shape index (κ3) is 3.95. The van der Waals surface area contributed by atoms with Gasteiger partial charge in [0, 0.05) is 20.0 Å². The molecule has 0 atom stereocenters. The van der Waals surface area contributed by atoms with Gasteiger partial charge in [-0.15, -0.1) is 0 Å². The zero-order valence-electron chi connectivity index (χ0n) is 12.9. The monoisotopic (exact) mass is 296 g/mol. The molecule has 4 heteroatoms. The molecule has 0 radical (unpaired) electrons. The molecule has 0 heterocycles. The number of carbonyl (C=O) groups is 2. The van der Waals surface area contributed by atoms with E-state index in [0.29, 0.717) is 24.3 Å². The molecular weight excluding hydrogens is 276 g/mol. The minimum Gasteiger partial charge on any atom is -0.335 e. The Hall–Kier alpha value is -2.62. The van der Waals surface area contributed by atoms with E-state index < -0.39 is 0 Å². The smallest absolute Gasteiger partial charge is 0.256 e. The van der Waals surface area contributed by atoms with Gasteiger partial charge in [-0.3, -0.25) is 9.59 Å². The molecule has 1 N–H and O–H groups in total. The number of anilines is 1. The Morgan fingerprint density at radius 1 is 1.00 bits per heavy atom. The number of carbonyl (C=O) groups excluding carboxylic acids is 2. The fourth-order valence-electron chi connectivity index (χ4n) is 2.27. The van der Waals surface area contributed by atoms with Crippen molar-refractivity contribution in [3.05, 3.63) is 65.7 Å². The van der Waals surface area contributed by atoms with Crippen LogP contribution in [-0.4, -0.2) is 23.3 Å². The second-order valence-electron chi connectivity index (χ2n) is 5.03. The molecule has 2 aromatic rings. The highest BCUT2D eigenvalue weighted by molar-refractivity contribution is 6.03. The molecule has 2 aromatic carbocycles. The Bertz CT molecular complexity index is 653. The Balaban J connectivity index is 2.23. The van der Waals surface area contributed by atoms with Crippen molar-refractivity contribution in [2.24, 2.45) is 0 Å². The number of benzene rings is 2. The van der Waals surface area contributed by atoms with Gasteiger partial charge in [-0.2, -0.15) is 0 Å². The quantitative estimate of drug-likeness (QED) is 0.920. The fraction of sp³-hybridized carbons (Fsp3) is 0.222.